The number of amides is 1. The summed E-state index contributed by atoms with van der Waals surface area (Å²) >= 11 is 0.886. The molecule has 0 spiro atoms. The van der Waals surface area contributed by atoms with E-state index in [-0.39, 0.29) is 22.5 Å². The van der Waals surface area contributed by atoms with Crippen molar-refractivity contribution >= 4 is 48.9 Å². The molecule has 228 valence electrons. The second-order valence-corrected chi connectivity index (χ2v) is 14.7. The number of aromatic nitrogens is 1. The molecule has 0 radical (unpaired) electrons. The van der Waals surface area contributed by atoms with Crippen LogP contribution in [0.3, 0.4) is 0 Å². The first-order valence-corrected chi connectivity index (χ1v) is 16.1. The summed E-state index contributed by atoms with van der Waals surface area (Å²) in [6, 6.07) is 9.93. The Kier molecular flexibility index (Phi) is 9.20. The summed E-state index contributed by atoms with van der Waals surface area (Å²) in [7, 11) is -1.45. The molecule has 0 bridgehead atoms. The summed E-state index contributed by atoms with van der Waals surface area (Å²) in [5.74, 6) is 5.66. The van der Waals surface area contributed by atoms with Crippen molar-refractivity contribution in [3.8, 4) is 11.8 Å². The molecule has 8 nitrogen and oxygen atoms in total. The van der Waals surface area contributed by atoms with E-state index in [2.05, 4.69) is 29.1 Å². The molecule has 13 heteroatoms. The predicted octanol–water partition coefficient (Wildman–Crippen LogP) is 5.97. The van der Waals surface area contributed by atoms with E-state index >= 15 is 0 Å². The highest BCUT2D eigenvalue weighted by molar-refractivity contribution is 7.92. The van der Waals surface area contributed by atoms with Crippen molar-refractivity contribution in [3.05, 3.63) is 42.1 Å². The average Bonchev–Trinajstić information content (AvgIpc) is 3.48. The number of fused-ring (bicyclic) bond motifs is 1. The van der Waals surface area contributed by atoms with Gasteiger partial charge < -0.3 is 19.5 Å². The van der Waals surface area contributed by atoms with Crippen molar-refractivity contribution in [2.45, 2.75) is 62.2 Å². The Hall–Kier alpha value is -3.21. The van der Waals surface area contributed by atoms with Gasteiger partial charge in [0.05, 0.1) is 17.8 Å². The lowest BCUT2D eigenvalue weighted by molar-refractivity contribution is -0.140. The Morgan fingerprint density at radius 3 is 2.45 bits per heavy atom. The Morgan fingerprint density at radius 1 is 1.17 bits per heavy atom. The quantitative estimate of drug-likeness (QED) is 0.341. The normalized spacial score (nSPS) is 15.3. The maximum atomic E-state index is 13.7. The lowest BCUT2D eigenvalue weighted by atomic mass is 10.0. The van der Waals surface area contributed by atoms with Gasteiger partial charge in [-0.05, 0) is 90.0 Å². The van der Waals surface area contributed by atoms with E-state index in [0.29, 0.717) is 15.9 Å². The summed E-state index contributed by atoms with van der Waals surface area (Å²) in [4.78, 5) is 16.5. The van der Waals surface area contributed by atoms with Crippen molar-refractivity contribution in [2.24, 2.45) is 0 Å². The smallest absolute Gasteiger partial charge is 0.416 e. The summed E-state index contributed by atoms with van der Waals surface area (Å²) in [6.07, 6.45) is -2.32. The zero-order valence-electron chi connectivity index (χ0n) is 24.2. The van der Waals surface area contributed by atoms with Crippen LogP contribution >= 0.6 is 11.3 Å². The van der Waals surface area contributed by atoms with Gasteiger partial charge in [-0.25, -0.2) is 13.2 Å². The van der Waals surface area contributed by atoms with Crippen LogP contribution < -0.4 is 10.2 Å². The highest BCUT2D eigenvalue weighted by Crippen LogP contribution is 2.32. The Balaban J connectivity index is 1.69. The van der Waals surface area contributed by atoms with Crippen LogP contribution in [-0.2, 0) is 21.1 Å². The number of alkyl halides is 3. The molecule has 1 aromatic carbocycles. The van der Waals surface area contributed by atoms with Gasteiger partial charge in [-0.3, -0.25) is 4.90 Å². The zero-order valence-corrected chi connectivity index (χ0v) is 25.8. The highest BCUT2D eigenvalue weighted by Gasteiger charge is 2.30. The van der Waals surface area contributed by atoms with Crippen LogP contribution in [0.4, 0.5) is 28.7 Å². The van der Waals surface area contributed by atoms with E-state index in [4.69, 9.17) is 4.74 Å². The molecule has 0 saturated carbocycles. The summed E-state index contributed by atoms with van der Waals surface area (Å²) < 4.78 is 71.7. The Labute approximate surface area is 248 Å². The zero-order chi connectivity index (χ0) is 30.9. The fraction of sp³-hybridized carbons (Fsp3) is 0.483. The second kappa shape index (κ2) is 12.2. The standard InChI is InChI=1S/C29H35F3N4O4S2/c1-28(2,3)40-27(37)35(25-11-12-26(41-25)42(5,38)39)15-7-8-21-18-22-23(33-20-13-16-34(4)17-14-20)9-6-10-24(22)36(21)19-29(30,31)32/h6,9-12,18,20,33H,13-17,19H2,1-5H3. The molecule has 2 aromatic heterocycles. The second-order valence-electron chi connectivity index (χ2n) is 11.4. The van der Waals surface area contributed by atoms with E-state index in [1.54, 1.807) is 39.0 Å². The summed E-state index contributed by atoms with van der Waals surface area (Å²) in [5.41, 5.74) is 0.450. The van der Waals surface area contributed by atoms with E-state index < -0.39 is 34.3 Å². The highest BCUT2D eigenvalue weighted by atomic mass is 32.2. The summed E-state index contributed by atoms with van der Waals surface area (Å²) in [6.45, 7) is 5.49. The van der Waals surface area contributed by atoms with Crippen molar-refractivity contribution in [1.82, 2.24) is 9.47 Å². The number of carbonyl (C=O) groups excluding carboxylic acids is 1. The van der Waals surface area contributed by atoms with E-state index in [1.807, 2.05) is 6.07 Å². The van der Waals surface area contributed by atoms with E-state index in [0.717, 1.165) is 53.8 Å². The Morgan fingerprint density at radius 2 is 1.86 bits per heavy atom. The fourth-order valence-electron chi connectivity index (χ4n) is 4.65. The van der Waals surface area contributed by atoms with E-state index in [9.17, 15) is 26.4 Å². The molecule has 3 aromatic rings. The summed E-state index contributed by atoms with van der Waals surface area (Å²) in [5, 5.41) is 4.43. The Bertz CT molecular complexity index is 1600. The minimum atomic E-state index is -4.48. The molecule has 1 saturated heterocycles. The minimum absolute atomic E-state index is 0.0639. The number of benzene rings is 1. The number of carbonyl (C=O) groups is 1. The molecule has 1 fully saturated rings. The largest absolute Gasteiger partial charge is 0.443 e. The number of thiophene rings is 1. The van der Waals surface area contributed by atoms with Crippen LogP contribution in [0.15, 0.2) is 40.6 Å². The number of rotatable bonds is 6. The van der Waals surface area contributed by atoms with Crippen LogP contribution in [0, 0.1) is 11.8 Å². The molecule has 1 amide bonds. The van der Waals surface area contributed by atoms with Gasteiger partial charge in [-0.1, -0.05) is 12.0 Å². The number of halogens is 3. The third-order valence-electron chi connectivity index (χ3n) is 6.63. The van der Waals surface area contributed by atoms with Gasteiger partial charge >= 0.3 is 12.3 Å². The van der Waals surface area contributed by atoms with Crippen LogP contribution in [-0.4, -0.2) is 74.7 Å². The number of hydrogen-bond acceptors (Lipinski definition) is 7. The van der Waals surface area contributed by atoms with Gasteiger partial charge in [-0.2, -0.15) is 13.2 Å². The number of sulfone groups is 1. The monoisotopic (exact) mass is 624 g/mol. The number of nitrogens with zero attached hydrogens (tertiary/aromatic N) is 3. The number of likely N-dealkylation sites (tertiary alicyclic amines) is 1. The number of hydrogen-bond donors (Lipinski definition) is 1. The molecule has 0 atom stereocenters. The van der Waals surface area contributed by atoms with Crippen molar-refractivity contribution < 1.29 is 31.1 Å². The molecule has 0 aliphatic carbocycles. The third kappa shape index (κ3) is 8.20. The van der Waals surface area contributed by atoms with Gasteiger partial charge in [0, 0.05) is 23.4 Å². The first-order chi connectivity index (χ1) is 19.5. The molecule has 3 heterocycles. The number of piperidine rings is 1. The number of nitrogens with one attached hydrogen (secondary N) is 1. The minimum Gasteiger partial charge on any atom is -0.443 e. The van der Waals surface area contributed by atoms with Crippen LogP contribution in [0.25, 0.3) is 10.9 Å². The lowest BCUT2D eigenvalue weighted by Crippen LogP contribution is -2.36. The van der Waals surface area contributed by atoms with Gasteiger partial charge in [0.15, 0.2) is 9.84 Å². The lowest BCUT2D eigenvalue weighted by Gasteiger charge is -2.30. The molecular formula is C29H35F3N4O4S2. The topological polar surface area (TPSA) is 83.9 Å². The molecule has 42 heavy (non-hydrogen) atoms. The van der Waals surface area contributed by atoms with Gasteiger partial charge in [0.1, 0.15) is 21.4 Å². The number of ether oxygens (including phenoxy) is 1. The van der Waals surface area contributed by atoms with Crippen molar-refractivity contribution in [2.75, 3.05) is 43.2 Å². The number of anilines is 2. The van der Waals surface area contributed by atoms with Crippen LogP contribution in [0.2, 0.25) is 0 Å². The van der Waals surface area contributed by atoms with Crippen molar-refractivity contribution in [3.63, 3.8) is 0 Å². The molecule has 4 rings (SSSR count). The van der Waals surface area contributed by atoms with Crippen LogP contribution in [0.1, 0.15) is 39.3 Å². The predicted molar refractivity (Wildman–Crippen MR) is 160 cm³/mol. The average molecular weight is 625 g/mol. The molecule has 0 unspecified atom stereocenters. The van der Waals surface area contributed by atoms with Gasteiger partial charge in [-0.15, -0.1) is 11.3 Å². The first kappa shape index (κ1) is 31.7. The maximum Gasteiger partial charge on any atom is 0.416 e. The first-order valence-electron chi connectivity index (χ1n) is 13.4. The molecule has 1 N–H and O–H groups in total. The molecular weight excluding hydrogens is 589 g/mol. The maximum absolute atomic E-state index is 13.7. The molecule has 1 aliphatic heterocycles. The third-order valence-corrected chi connectivity index (χ3v) is 9.56. The fourth-order valence-corrected chi connectivity index (χ4v) is 6.55. The SMILES string of the molecule is CN1CCC(Nc2cccc3c2cc(C#CCN(C(=O)OC(C)(C)C)c2ccc(S(C)(=O)=O)s2)n3CC(F)(F)F)CC1. The van der Waals surface area contributed by atoms with Crippen LogP contribution in [0.5, 0.6) is 0 Å². The van der Waals surface area contributed by atoms with Gasteiger partial charge in [0.25, 0.3) is 0 Å². The molecule has 1 aliphatic rings. The van der Waals surface area contributed by atoms with Crippen molar-refractivity contribution in [1.29, 1.82) is 0 Å². The van der Waals surface area contributed by atoms with E-state index in [1.165, 1.54) is 17.0 Å². The van der Waals surface area contributed by atoms with Gasteiger partial charge in [0.2, 0.25) is 0 Å².